The fourth-order valence-electron chi connectivity index (χ4n) is 3.06. The van der Waals surface area contributed by atoms with E-state index in [9.17, 15) is 0 Å². The van der Waals surface area contributed by atoms with Gasteiger partial charge in [-0.2, -0.15) is 0 Å². The highest BCUT2D eigenvalue weighted by molar-refractivity contribution is 5.56. The molecule has 1 fully saturated rings. The number of aryl methyl sites for hydroxylation is 2. The molecule has 1 aromatic carbocycles. The van der Waals surface area contributed by atoms with Gasteiger partial charge in [0.25, 0.3) is 0 Å². The second-order valence-corrected chi connectivity index (χ2v) is 6.16. The Hall–Kier alpha value is -1.02. The third-order valence-electron chi connectivity index (χ3n) is 4.32. The lowest BCUT2D eigenvalue weighted by atomic mass is 9.99. The maximum atomic E-state index is 3.60. The van der Waals surface area contributed by atoms with E-state index < -0.39 is 0 Å². The summed E-state index contributed by atoms with van der Waals surface area (Å²) in [7, 11) is 0. The van der Waals surface area contributed by atoms with Gasteiger partial charge in [-0.1, -0.05) is 17.7 Å². The largest absolute Gasteiger partial charge is 0.371 e. The Bertz CT molecular complexity index is 423. The summed E-state index contributed by atoms with van der Waals surface area (Å²) in [5.41, 5.74) is 4.45. The molecule has 0 aromatic heterocycles. The molecule has 1 aliphatic heterocycles. The second kappa shape index (κ2) is 5.96. The molecule has 2 heteroatoms. The Kier molecular flexibility index (Phi) is 4.07. The molecule has 0 bridgehead atoms. The summed E-state index contributed by atoms with van der Waals surface area (Å²) in [5, 5.41) is 3.60. The van der Waals surface area contributed by atoms with E-state index in [2.05, 4.69) is 35.3 Å². The Morgan fingerprint density at radius 1 is 1.26 bits per heavy atom. The van der Waals surface area contributed by atoms with Crippen molar-refractivity contribution in [2.45, 2.75) is 51.5 Å². The molecule has 2 nitrogen and oxygen atoms in total. The number of rotatable bonds is 6. The van der Waals surface area contributed by atoms with Gasteiger partial charge in [-0.25, -0.2) is 0 Å². The molecular formula is C17H26N2. The summed E-state index contributed by atoms with van der Waals surface area (Å²) in [6, 6.07) is 7.81. The van der Waals surface area contributed by atoms with E-state index >= 15 is 0 Å². The van der Waals surface area contributed by atoms with Crippen molar-refractivity contribution < 1.29 is 0 Å². The van der Waals surface area contributed by atoms with Crippen molar-refractivity contribution in [3.8, 4) is 0 Å². The maximum absolute atomic E-state index is 3.60. The number of anilines is 1. The van der Waals surface area contributed by atoms with Crippen LogP contribution in [0.1, 0.15) is 43.2 Å². The van der Waals surface area contributed by atoms with E-state index in [1.54, 1.807) is 5.56 Å². The van der Waals surface area contributed by atoms with E-state index in [1.807, 2.05) is 0 Å². The highest BCUT2D eigenvalue weighted by atomic mass is 15.1. The van der Waals surface area contributed by atoms with Crippen LogP contribution in [0.4, 0.5) is 5.69 Å². The summed E-state index contributed by atoms with van der Waals surface area (Å²) in [6.45, 7) is 5.87. The van der Waals surface area contributed by atoms with Gasteiger partial charge in [0.2, 0.25) is 0 Å². The average molecular weight is 258 g/mol. The standard InChI is InChI=1S/C17H26N2/c1-14-6-9-17-15(13-14)5-4-12-19(17)11-3-2-10-18-16-7-8-16/h6,9,13,16,18H,2-5,7-8,10-12H2,1H3. The van der Waals surface area contributed by atoms with Gasteiger partial charge < -0.3 is 10.2 Å². The lowest BCUT2D eigenvalue weighted by molar-refractivity contribution is 0.597. The van der Waals surface area contributed by atoms with Gasteiger partial charge in [0.15, 0.2) is 0 Å². The monoisotopic (exact) mass is 258 g/mol. The smallest absolute Gasteiger partial charge is 0.0398 e. The van der Waals surface area contributed by atoms with Crippen LogP contribution in [-0.2, 0) is 6.42 Å². The van der Waals surface area contributed by atoms with Crippen molar-refractivity contribution >= 4 is 5.69 Å². The lowest BCUT2D eigenvalue weighted by Gasteiger charge is -2.31. The van der Waals surface area contributed by atoms with E-state index in [-0.39, 0.29) is 0 Å². The van der Waals surface area contributed by atoms with E-state index in [4.69, 9.17) is 0 Å². The zero-order chi connectivity index (χ0) is 13.1. The number of hydrogen-bond donors (Lipinski definition) is 1. The number of fused-ring (bicyclic) bond motifs is 1. The molecule has 1 N–H and O–H groups in total. The maximum Gasteiger partial charge on any atom is 0.0398 e. The molecule has 0 atom stereocenters. The molecule has 19 heavy (non-hydrogen) atoms. The second-order valence-electron chi connectivity index (χ2n) is 6.16. The summed E-state index contributed by atoms with van der Waals surface area (Å²) >= 11 is 0. The van der Waals surface area contributed by atoms with Crippen molar-refractivity contribution in [1.29, 1.82) is 0 Å². The molecule has 1 aliphatic carbocycles. The Balaban J connectivity index is 1.48. The molecule has 1 saturated carbocycles. The van der Waals surface area contributed by atoms with Crippen LogP contribution in [0.15, 0.2) is 18.2 Å². The Labute approximate surface area is 117 Å². The first kappa shape index (κ1) is 13.0. The van der Waals surface area contributed by atoms with Gasteiger partial charge in [-0.05, 0) is 63.6 Å². The van der Waals surface area contributed by atoms with Crippen LogP contribution < -0.4 is 10.2 Å². The number of benzene rings is 1. The van der Waals surface area contributed by atoms with E-state index in [0.29, 0.717) is 0 Å². The van der Waals surface area contributed by atoms with Gasteiger partial charge >= 0.3 is 0 Å². The first-order valence-corrected chi connectivity index (χ1v) is 7.91. The van der Waals surface area contributed by atoms with Crippen molar-refractivity contribution in [2.75, 3.05) is 24.5 Å². The van der Waals surface area contributed by atoms with Crippen molar-refractivity contribution in [1.82, 2.24) is 5.32 Å². The highest BCUT2D eigenvalue weighted by Crippen LogP contribution is 2.28. The minimum Gasteiger partial charge on any atom is -0.371 e. The number of hydrogen-bond acceptors (Lipinski definition) is 2. The first-order valence-electron chi connectivity index (χ1n) is 7.91. The van der Waals surface area contributed by atoms with Gasteiger partial charge in [-0.3, -0.25) is 0 Å². The molecule has 3 rings (SSSR count). The van der Waals surface area contributed by atoms with Crippen LogP contribution in [-0.4, -0.2) is 25.7 Å². The van der Waals surface area contributed by atoms with Crippen LogP contribution in [0, 0.1) is 6.92 Å². The third kappa shape index (κ3) is 3.50. The third-order valence-corrected chi connectivity index (χ3v) is 4.32. The minimum atomic E-state index is 0.860. The molecule has 0 radical (unpaired) electrons. The number of unbranched alkanes of at least 4 members (excludes halogenated alkanes) is 1. The molecule has 0 amide bonds. The van der Waals surface area contributed by atoms with Crippen LogP contribution >= 0.6 is 0 Å². The van der Waals surface area contributed by atoms with Gasteiger partial charge in [0.1, 0.15) is 0 Å². The fraction of sp³-hybridized carbons (Fsp3) is 0.647. The van der Waals surface area contributed by atoms with E-state index in [1.165, 1.54) is 69.4 Å². The molecule has 0 saturated heterocycles. The lowest BCUT2D eigenvalue weighted by Crippen LogP contribution is -2.30. The predicted molar refractivity (Wildman–Crippen MR) is 82.0 cm³/mol. The predicted octanol–water partition coefficient (Wildman–Crippen LogP) is 3.28. The van der Waals surface area contributed by atoms with Crippen molar-refractivity contribution in [2.24, 2.45) is 0 Å². The van der Waals surface area contributed by atoms with Crippen molar-refractivity contribution in [3.05, 3.63) is 29.3 Å². The zero-order valence-electron chi connectivity index (χ0n) is 12.1. The van der Waals surface area contributed by atoms with Crippen LogP contribution in [0.2, 0.25) is 0 Å². The SMILES string of the molecule is Cc1ccc2c(c1)CCCN2CCCCNC1CC1. The first-order chi connectivity index (χ1) is 9.33. The summed E-state index contributed by atoms with van der Waals surface area (Å²) in [6.07, 6.45) is 8.01. The normalized spacial score (nSPS) is 18.5. The number of nitrogens with one attached hydrogen (secondary N) is 1. The quantitative estimate of drug-likeness (QED) is 0.788. The molecular weight excluding hydrogens is 232 g/mol. The molecule has 2 aliphatic rings. The average Bonchev–Trinajstić information content (AvgIpc) is 3.22. The molecule has 0 unspecified atom stereocenters. The van der Waals surface area contributed by atoms with Crippen LogP contribution in [0.3, 0.4) is 0 Å². The minimum absolute atomic E-state index is 0.860. The molecule has 104 valence electrons. The van der Waals surface area contributed by atoms with Gasteiger partial charge in [0.05, 0.1) is 0 Å². The summed E-state index contributed by atoms with van der Waals surface area (Å²) < 4.78 is 0. The molecule has 1 heterocycles. The van der Waals surface area contributed by atoms with Crippen LogP contribution in [0.25, 0.3) is 0 Å². The molecule has 1 aromatic rings. The number of nitrogens with zero attached hydrogens (tertiary/aromatic N) is 1. The Morgan fingerprint density at radius 3 is 3.00 bits per heavy atom. The zero-order valence-corrected chi connectivity index (χ0v) is 12.1. The van der Waals surface area contributed by atoms with Gasteiger partial charge in [0, 0.05) is 24.8 Å². The Morgan fingerprint density at radius 2 is 2.16 bits per heavy atom. The fourth-order valence-corrected chi connectivity index (χ4v) is 3.06. The van der Waals surface area contributed by atoms with Gasteiger partial charge in [-0.15, -0.1) is 0 Å². The van der Waals surface area contributed by atoms with E-state index in [0.717, 1.165) is 6.04 Å². The topological polar surface area (TPSA) is 15.3 Å². The molecule has 0 spiro atoms. The van der Waals surface area contributed by atoms with Crippen molar-refractivity contribution in [3.63, 3.8) is 0 Å². The summed E-state index contributed by atoms with van der Waals surface area (Å²) in [5.74, 6) is 0. The summed E-state index contributed by atoms with van der Waals surface area (Å²) in [4.78, 5) is 2.59. The van der Waals surface area contributed by atoms with Crippen LogP contribution in [0.5, 0.6) is 0 Å². The highest BCUT2D eigenvalue weighted by Gasteiger charge is 2.20.